The van der Waals surface area contributed by atoms with Gasteiger partial charge in [0, 0.05) is 6.20 Å². The molecular weight excluding hydrogens is 398 g/mol. The molecule has 0 heterocycles. The second-order valence-electron chi connectivity index (χ2n) is 11.8. The molecule has 0 radical (unpaired) electrons. The monoisotopic (exact) mass is 439 g/mol. The van der Waals surface area contributed by atoms with Crippen molar-refractivity contribution in [3.8, 4) is 11.5 Å². The van der Waals surface area contributed by atoms with Gasteiger partial charge < -0.3 is 9.16 Å². The molecule has 0 saturated heterocycles. The summed E-state index contributed by atoms with van der Waals surface area (Å²) in [5.74, 6) is 4.05. The van der Waals surface area contributed by atoms with Crippen LogP contribution in [-0.2, 0) is 6.42 Å². The summed E-state index contributed by atoms with van der Waals surface area (Å²) in [6.45, 7) is 17.7. The maximum atomic E-state index is 6.71. The van der Waals surface area contributed by atoms with Crippen molar-refractivity contribution in [3.63, 3.8) is 0 Å². The Balaban J connectivity index is 1.66. The zero-order valence-corrected chi connectivity index (χ0v) is 21.7. The minimum absolute atomic E-state index is 0.167. The summed E-state index contributed by atoms with van der Waals surface area (Å²) >= 11 is 0. The lowest BCUT2D eigenvalue weighted by molar-refractivity contribution is 0.0812. The Labute approximate surface area is 190 Å². The van der Waals surface area contributed by atoms with Gasteiger partial charge in [-0.25, -0.2) is 0 Å². The molecule has 0 amide bonds. The van der Waals surface area contributed by atoms with Crippen molar-refractivity contribution in [1.82, 2.24) is 0 Å². The van der Waals surface area contributed by atoms with Crippen molar-refractivity contribution >= 4 is 15.0 Å². The normalized spacial score (nSPS) is 31.6. The Kier molecular flexibility index (Phi) is 5.69. The zero-order chi connectivity index (χ0) is 22.6. The predicted octanol–water partition coefficient (Wildman–Crippen LogP) is 7.52. The first-order chi connectivity index (χ1) is 14.5. The van der Waals surface area contributed by atoms with Gasteiger partial charge in [0.2, 0.25) is 0 Å². The molecule has 3 aliphatic rings. The van der Waals surface area contributed by atoms with E-state index in [1.807, 2.05) is 0 Å². The van der Waals surface area contributed by atoms with Gasteiger partial charge in [0.25, 0.3) is 8.32 Å². The van der Waals surface area contributed by atoms with Gasteiger partial charge >= 0.3 is 0 Å². The van der Waals surface area contributed by atoms with Gasteiger partial charge in [-0.05, 0) is 115 Å². The Morgan fingerprint density at radius 2 is 1.87 bits per heavy atom. The summed E-state index contributed by atoms with van der Waals surface area (Å²) in [5, 5.41) is 0.167. The first-order valence-electron chi connectivity index (χ1n) is 12.1. The first-order valence-corrected chi connectivity index (χ1v) is 15.0. The molecule has 1 aromatic rings. The van der Waals surface area contributed by atoms with E-state index in [0.717, 1.165) is 29.8 Å². The van der Waals surface area contributed by atoms with E-state index in [9.17, 15) is 0 Å². The standard InChI is InChI=1S/C27H41NO2Si/c1-26(2,3)31(7,8)30-25-15-18-9-11-21-20(22(18)16-24(25)29-6)13-14-27(4)19(17-28-5)10-12-23(21)27/h15-17,20-21,23H,5,9-14H2,1-4,6-8H3/b19-17+. The third-order valence-corrected chi connectivity index (χ3v) is 13.6. The number of methoxy groups -OCH3 is 1. The Bertz CT molecular complexity index is 897. The number of benzene rings is 1. The molecule has 3 nitrogen and oxygen atoms in total. The lowest BCUT2D eigenvalue weighted by Crippen LogP contribution is -2.44. The van der Waals surface area contributed by atoms with E-state index in [1.54, 1.807) is 7.11 Å². The van der Waals surface area contributed by atoms with E-state index in [4.69, 9.17) is 9.16 Å². The summed E-state index contributed by atoms with van der Waals surface area (Å²) in [6, 6.07) is 4.65. The molecule has 4 atom stereocenters. The minimum atomic E-state index is -1.92. The van der Waals surface area contributed by atoms with Crippen molar-refractivity contribution in [1.29, 1.82) is 0 Å². The fourth-order valence-corrected chi connectivity index (χ4v) is 7.43. The maximum Gasteiger partial charge on any atom is 0.250 e. The van der Waals surface area contributed by atoms with Gasteiger partial charge in [-0.15, -0.1) is 0 Å². The molecule has 1 aromatic carbocycles. The van der Waals surface area contributed by atoms with Gasteiger partial charge in [-0.3, -0.25) is 4.99 Å². The molecule has 2 saturated carbocycles. The maximum absolute atomic E-state index is 6.71. The highest BCUT2D eigenvalue weighted by atomic mass is 28.4. The molecule has 170 valence electrons. The van der Waals surface area contributed by atoms with E-state index in [2.05, 4.69) is 70.8 Å². The van der Waals surface area contributed by atoms with Crippen LogP contribution in [0.4, 0.5) is 0 Å². The molecule has 2 fully saturated rings. The molecule has 4 rings (SSSR count). The van der Waals surface area contributed by atoms with Crippen LogP contribution in [0.2, 0.25) is 18.1 Å². The Morgan fingerprint density at radius 3 is 2.52 bits per heavy atom. The fraction of sp³-hybridized carbons (Fsp3) is 0.667. The number of hydrogen-bond acceptors (Lipinski definition) is 3. The third kappa shape index (κ3) is 3.69. The van der Waals surface area contributed by atoms with E-state index in [1.165, 1.54) is 48.8 Å². The van der Waals surface area contributed by atoms with E-state index >= 15 is 0 Å². The highest BCUT2D eigenvalue weighted by Gasteiger charge is 2.52. The first kappa shape index (κ1) is 22.6. The smallest absolute Gasteiger partial charge is 0.250 e. The number of rotatable bonds is 4. The van der Waals surface area contributed by atoms with Crippen LogP contribution in [0.25, 0.3) is 0 Å². The van der Waals surface area contributed by atoms with Crippen LogP contribution in [-0.4, -0.2) is 22.1 Å². The van der Waals surface area contributed by atoms with Crippen molar-refractivity contribution in [3.05, 3.63) is 35.0 Å². The number of hydrogen-bond donors (Lipinski definition) is 0. The van der Waals surface area contributed by atoms with Crippen LogP contribution >= 0.6 is 0 Å². The van der Waals surface area contributed by atoms with Crippen LogP contribution in [0.1, 0.15) is 76.8 Å². The second kappa shape index (κ2) is 7.79. The topological polar surface area (TPSA) is 30.8 Å². The third-order valence-electron chi connectivity index (χ3n) is 9.28. The number of ether oxygens (including phenoxy) is 1. The zero-order valence-electron chi connectivity index (χ0n) is 20.7. The summed E-state index contributed by atoms with van der Waals surface area (Å²) in [7, 11) is -0.130. The largest absolute Gasteiger partial charge is 0.541 e. The van der Waals surface area contributed by atoms with Crippen LogP contribution in [0.5, 0.6) is 11.5 Å². The summed E-state index contributed by atoms with van der Waals surface area (Å²) in [6.07, 6.45) is 9.51. The van der Waals surface area contributed by atoms with Crippen LogP contribution in [0, 0.1) is 17.3 Å². The highest BCUT2D eigenvalue weighted by molar-refractivity contribution is 6.74. The highest BCUT2D eigenvalue weighted by Crippen LogP contribution is 2.63. The number of nitrogens with zero attached hydrogens (tertiary/aromatic N) is 1. The number of allylic oxidation sites excluding steroid dienone is 1. The lowest BCUT2D eigenvalue weighted by Gasteiger charge is -2.49. The molecule has 4 heteroatoms. The molecule has 4 unspecified atom stereocenters. The van der Waals surface area contributed by atoms with Crippen LogP contribution < -0.4 is 9.16 Å². The lowest BCUT2D eigenvalue weighted by atomic mass is 9.55. The van der Waals surface area contributed by atoms with Gasteiger partial charge in [-0.2, -0.15) is 0 Å². The van der Waals surface area contributed by atoms with E-state index in [0.29, 0.717) is 11.3 Å². The van der Waals surface area contributed by atoms with Gasteiger partial charge in [0.05, 0.1) is 7.11 Å². The summed E-state index contributed by atoms with van der Waals surface area (Å²) in [4.78, 5) is 4.13. The predicted molar refractivity (Wildman–Crippen MR) is 133 cm³/mol. The van der Waals surface area contributed by atoms with Crippen molar-refractivity contribution in [2.75, 3.05) is 7.11 Å². The number of aryl methyl sites for hydroxylation is 1. The fourth-order valence-electron chi connectivity index (χ4n) is 6.42. The SMILES string of the molecule is C=N/C=C1\CCC2C3CCc4cc(O[Si](C)(C)C(C)(C)C)c(OC)cc4C3CCC12C. The van der Waals surface area contributed by atoms with Crippen molar-refractivity contribution < 1.29 is 9.16 Å². The molecule has 0 aliphatic heterocycles. The van der Waals surface area contributed by atoms with Crippen molar-refractivity contribution in [2.24, 2.45) is 22.2 Å². The molecular formula is C27H41NO2Si. The van der Waals surface area contributed by atoms with Gasteiger partial charge in [-0.1, -0.05) is 27.7 Å². The second-order valence-corrected chi connectivity index (χ2v) is 16.5. The Hall–Kier alpha value is -1.55. The number of aliphatic imine (C=N–C) groups is 1. The van der Waals surface area contributed by atoms with Gasteiger partial charge in [0.1, 0.15) is 5.75 Å². The van der Waals surface area contributed by atoms with Gasteiger partial charge in [0.15, 0.2) is 5.75 Å². The van der Waals surface area contributed by atoms with E-state index in [-0.39, 0.29) is 5.04 Å². The van der Waals surface area contributed by atoms with E-state index < -0.39 is 8.32 Å². The molecule has 31 heavy (non-hydrogen) atoms. The number of fused-ring (bicyclic) bond motifs is 5. The quantitative estimate of drug-likeness (QED) is 0.359. The van der Waals surface area contributed by atoms with Crippen LogP contribution in [0.3, 0.4) is 0 Å². The Morgan fingerprint density at radius 1 is 1.13 bits per heavy atom. The summed E-state index contributed by atoms with van der Waals surface area (Å²) in [5.41, 5.74) is 4.86. The van der Waals surface area contributed by atoms with Crippen LogP contribution in [0.15, 0.2) is 28.9 Å². The molecule has 0 spiro atoms. The average molecular weight is 440 g/mol. The van der Waals surface area contributed by atoms with Crippen molar-refractivity contribution in [2.45, 2.75) is 90.3 Å². The summed E-state index contributed by atoms with van der Waals surface area (Å²) < 4.78 is 12.6. The molecule has 0 bridgehead atoms. The molecule has 3 aliphatic carbocycles. The minimum Gasteiger partial charge on any atom is -0.541 e. The average Bonchev–Trinajstić information content (AvgIpc) is 3.03. The molecule has 0 N–H and O–H groups in total. The molecule has 0 aromatic heterocycles.